The van der Waals surface area contributed by atoms with E-state index in [1.165, 1.54) is 23.6 Å². The zero-order valence-electron chi connectivity index (χ0n) is 13.3. The number of carboxylic acids is 1. The Bertz CT molecular complexity index is 997. The summed E-state index contributed by atoms with van der Waals surface area (Å²) in [6.07, 6.45) is -7.83. The van der Waals surface area contributed by atoms with Gasteiger partial charge >= 0.3 is 12.1 Å². The third kappa shape index (κ3) is 4.13. The van der Waals surface area contributed by atoms with Gasteiger partial charge < -0.3 is 5.11 Å². The summed E-state index contributed by atoms with van der Waals surface area (Å²) in [5, 5.41) is 10.8. The fraction of sp³-hybridized carbons (Fsp3) is 0.111. The lowest BCUT2D eigenvalue weighted by atomic mass is 10.0. The van der Waals surface area contributed by atoms with E-state index >= 15 is 0 Å². The van der Waals surface area contributed by atoms with Crippen LogP contribution < -0.4 is 0 Å². The average molecular weight is 399 g/mol. The van der Waals surface area contributed by atoms with Crippen molar-refractivity contribution in [1.82, 2.24) is 4.98 Å². The van der Waals surface area contributed by atoms with Gasteiger partial charge in [0.15, 0.2) is 0 Å². The van der Waals surface area contributed by atoms with Crippen LogP contribution in [0.15, 0.2) is 47.8 Å². The molecule has 0 aliphatic carbocycles. The average Bonchev–Trinajstić information content (AvgIpc) is 3.11. The summed E-state index contributed by atoms with van der Waals surface area (Å²) in [5.41, 5.74) is -1.42. The fourth-order valence-electron chi connectivity index (χ4n) is 2.41. The van der Waals surface area contributed by atoms with E-state index in [4.69, 9.17) is 5.11 Å². The van der Waals surface area contributed by atoms with E-state index < -0.39 is 29.7 Å². The summed E-state index contributed by atoms with van der Waals surface area (Å²) in [6.45, 7) is 0. The molecule has 0 unspecified atom stereocenters. The minimum Gasteiger partial charge on any atom is -0.478 e. The second kappa shape index (κ2) is 7.07. The highest BCUT2D eigenvalue weighted by Gasteiger charge is 2.32. The van der Waals surface area contributed by atoms with Crippen LogP contribution in [-0.2, 0) is 6.18 Å². The standard InChI is InChI=1S/C18H10F5NO2S/c19-15(20)12-5-11(6-13(7-12)18(21,22)23)14-8-27-16(24-14)9-2-1-3-10(4-9)17(25)26/h1-8,15H,(H,25,26). The third-order valence-corrected chi connectivity index (χ3v) is 4.58. The molecule has 0 aliphatic heterocycles. The first-order chi connectivity index (χ1) is 12.6. The van der Waals surface area contributed by atoms with Crippen LogP contribution in [0, 0.1) is 0 Å². The van der Waals surface area contributed by atoms with Gasteiger partial charge in [-0.1, -0.05) is 12.1 Å². The number of hydrogen-bond donors (Lipinski definition) is 1. The quantitative estimate of drug-likeness (QED) is 0.537. The Morgan fingerprint density at radius 1 is 1.07 bits per heavy atom. The van der Waals surface area contributed by atoms with Gasteiger partial charge in [-0.15, -0.1) is 11.3 Å². The normalized spacial score (nSPS) is 11.8. The second-order valence-electron chi connectivity index (χ2n) is 5.57. The van der Waals surface area contributed by atoms with E-state index in [-0.39, 0.29) is 16.8 Å². The van der Waals surface area contributed by atoms with Crippen molar-refractivity contribution in [2.24, 2.45) is 0 Å². The van der Waals surface area contributed by atoms with Gasteiger partial charge in [-0.3, -0.25) is 0 Å². The van der Waals surface area contributed by atoms with E-state index in [1.807, 2.05) is 0 Å². The van der Waals surface area contributed by atoms with Crippen molar-refractivity contribution in [2.75, 3.05) is 0 Å². The van der Waals surface area contributed by atoms with Gasteiger partial charge in [-0.2, -0.15) is 13.2 Å². The predicted octanol–water partition coefficient (Wildman–Crippen LogP) is 6.13. The van der Waals surface area contributed by atoms with Crippen LogP contribution >= 0.6 is 11.3 Å². The molecule has 0 saturated carbocycles. The lowest BCUT2D eigenvalue weighted by Gasteiger charge is -2.11. The van der Waals surface area contributed by atoms with Crippen LogP contribution in [-0.4, -0.2) is 16.1 Å². The van der Waals surface area contributed by atoms with Crippen molar-refractivity contribution in [2.45, 2.75) is 12.6 Å². The Morgan fingerprint density at radius 2 is 1.81 bits per heavy atom. The molecule has 3 nitrogen and oxygen atoms in total. The molecule has 0 fully saturated rings. The Hall–Kier alpha value is -2.81. The molecule has 3 aromatic rings. The number of nitrogens with zero attached hydrogens (tertiary/aromatic N) is 1. The minimum absolute atomic E-state index is 0.0308. The number of aromatic nitrogens is 1. The predicted molar refractivity (Wildman–Crippen MR) is 89.9 cm³/mol. The zero-order valence-corrected chi connectivity index (χ0v) is 14.1. The van der Waals surface area contributed by atoms with Crippen molar-refractivity contribution in [3.8, 4) is 21.8 Å². The number of hydrogen-bond acceptors (Lipinski definition) is 3. The topological polar surface area (TPSA) is 50.2 Å². The van der Waals surface area contributed by atoms with Crippen molar-refractivity contribution in [3.63, 3.8) is 0 Å². The molecule has 27 heavy (non-hydrogen) atoms. The molecule has 1 heterocycles. The van der Waals surface area contributed by atoms with Crippen molar-refractivity contribution in [1.29, 1.82) is 0 Å². The minimum atomic E-state index is -4.77. The first kappa shape index (κ1) is 19.0. The molecule has 1 aromatic heterocycles. The second-order valence-corrected chi connectivity index (χ2v) is 6.42. The summed E-state index contributed by atoms with van der Waals surface area (Å²) in [6, 6.07) is 8.02. The van der Waals surface area contributed by atoms with E-state index in [0.29, 0.717) is 16.6 Å². The summed E-state index contributed by atoms with van der Waals surface area (Å²) in [4.78, 5) is 15.2. The number of carbonyl (C=O) groups is 1. The first-order valence-electron chi connectivity index (χ1n) is 7.45. The van der Waals surface area contributed by atoms with E-state index in [0.717, 1.165) is 23.5 Å². The van der Waals surface area contributed by atoms with Crippen molar-refractivity contribution >= 4 is 17.3 Å². The number of halogens is 5. The molecular weight excluding hydrogens is 389 g/mol. The lowest BCUT2D eigenvalue weighted by Crippen LogP contribution is -2.06. The summed E-state index contributed by atoms with van der Waals surface area (Å²) >= 11 is 1.07. The highest BCUT2D eigenvalue weighted by Crippen LogP contribution is 2.37. The number of aromatic carboxylic acids is 1. The molecule has 0 atom stereocenters. The van der Waals surface area contributed by atoms with Crippen LogP contribution in [0.1, 0.15) is 27.9 Å². The maximum Gasteiger partial charge on any atom is 0.416 e. The SMILES string of the molecule is O=C(O)c1cccc(-c2nc(-c3cc(C(F)F)cc(C(F)(F)F)c3)cs2)c1. The van der Waals surface area contributed by atoms with Gasteiger partial charge in [0.2, 0.25) is 0 Å². The lowest BCUT2D eigenvalue weighted by molar-refractivity contribution is -0.137. The van der Waals surface area contributed by atoms with Gasteiger partial charge in [-0.05, 0) is 30.3 Å². The fourth-order valence-corrected chi connectivity index (χ4v) is 3.24. The molecule has 0 amide bonds. The molecule has 0 bridgehead atoms. The third-order valence-electron chi connectivity index (χ3n) is 3.69. The van der Waals surface area contributed by atoms with Crippen LogP contribution in [0.3, 0.4) is 0 Å². The van der Waals surface area contributed by atoms with E-state index in [2.05, 4.69) is 4.98 Å². The van der Waals surface area contributed by atoms with Crippen molar-refractivity contribution < 1.29 is 31.9 Å². The highest BCUT2D eigenvalue weighted by atomic mass is 32.1. The maximum atomic E-state index is 13.0. The van der Waals surface area contributed by atoms with E-state index in [9.17, 15) is 26.7 Å². The van der Waals surface area contributed by atoms with Crippen LogP contribution in [0.4, 0.5) is 22.0 Å². The molecule has 0 spiro atoms. The molecule has 1 N–H and O–H groups in total. The van der Waals surface area contributed by atoms with Crippen LogP contribution in [0.5, 0.6) is 0 Å². The van der Waals surface area contributed by atoms with Crippen molar-refractivity contribution in [3.05, 3.63) is 64.5 Å². The number of benzene rings is 2. The van der Waals surface area contributed by atoms with Crippen LogP contribution in [0.2, 0.25) is 0 Å². The Morgan fingerprint density at radius 3 is 2.44 bits per heavy atom. The Kier molecular flexibility index (Phi) is 4.97. The van der Waals surface area contributed by atoms with E-state index in [1.54, 1.807) is 6.07 Å². The molecule has 0 radical (unpaired) electrons. The first-order valence-corrected chi connectivity index (χ1v) is 8.33. The largest absolute Gasteiger partial charge is 0.478 e. The molecule has 0 saturated heterocycles. The smallest absolute Gasteiger partial charge is 0.416 e. The molecule has 0 aliphatic rings. The number of rotatable bonds is 4. The molecular formula is C18H10F5NO2S. The van der Waals surface area contributed by atoms with Gasteiger partial charge in [0, 0.05) is 22.1 Å². The van der Waals surface area contributed by atoms with Gasteiger partial charge in [-0.25, -0.2) is 18.6 Å². The summed E-state index contributed by atoms with van der Waals surface area (Å²) in [5.74, 6) is -1.13. The monoisotopic (exact) mass is 399 g/mol. The Labute approximate surface area is 153 Å². The molecule has 3 rings (SSSR count). The number of alkyl halides is 5. The highest BCUT2D eigenvalue weighted by molar-refractivity contribution is 7.13. The number of thiazole rings is 1. The van der Waals surface area contributed by atoms with Crippen LogP contribution in [0.25, 0.3) is 21.8 Å². The molecule has 2 aromatic carbocycles. The zero-order chi connectivity index (χ0) is 19.8. The summed E-state index contributed by atoms with van der Waals surface area (Å²) in [7, 11) is 0. The number of carboxylic acid groups (broad SMARTS) is 1. The molecule has 9 heteroatoms. The van der Waals surface area contributed by atoms with Gasteiger partial charge in [0.1, 0.15) is 5.01 Å². The van der Waals surface area contributed by atoms with Gasteiger partial charge in [0.05, 0.1) is 16.8 Å². The summed E-state index contributed by atoms with van der Waals surface area (Å²) < 4.78 is 65.0. The maximum absolute atomic E-state index is 13.0. The van der Waals surface area contributed by atoms with Gasteiger partial charge in [0.25, 0.3) is 6.43 Å². The molecule has 140 valence electrons. The Balaban J connectivity index is 2.05.